The number of carbonyl (C=O) groups excluding carboxylic acids is 1. The van der Waals surface area contributed by atoms with Crippen molar-refractivity contribution < 1.29 is 19.4 Å². The van der Waals surface area contributed by atoms with Crippen LogP contribution in [-0.4, -0.2) is 88.4 Å². The van der Waals surface area contributed by atoms with E-state index in [1.54, 1.807) is 18.3 Å². The van der Waals surface area contributed by atoms with E-state index in [9.17, 15) is 24.6 Å². The number of fused-ring (bicyclic) bond motifs is 1. The number of allylic oxidation sites excluding steroid dienone is 3. The van der Waals surface area contributed by atoms with Crippen LogP contribution >= 0.6 is 0 Å². The molecular formula is C37H40FN9O5. The number of amides is 1. The predicted octanol–water partition coefficient (Wildman–Crippen LogP) is 3.88. The molecule has 0 bridgehead atoms. The van der Waals surface area contributed by atoms with Crippen LogP contribution in [0.2, 0.25) is 0 Å². The molecule has 3 aromatic heterocycles. The number of aromatic nitrogens is 6. The Kier molecular flexibility index (Phi) is 9.27. The first-order valence-electron chi connectivity index (χ1n) is 17.2. The van der Waals surface area contributed by atoms with Gasteiger partial charge in [-0.3, -0.25) is 19.5 Å². The lowest BCUT2D eigenvalue weighted by Gasteiger charge is -2.36. The summed E-state index contributed by atoms with van der Waals surface area (Å²) in [6, 6.07) is 10.3. The van der Waals surface area contributed by atoms with Gasteiger partial charge in [-0.2, -0.15) is 10.1 Å². The third-order valence-electron chi connectivity index (χ3n) is 9.89. The Hall–Kier alpha value is -5.96. The minimum Gasteiger partial charge on any atom is -0.508 e. The van der Waals surface area contributed by atoms with E-state index in [0.717, 1.165) is 11.1 Å². The number of rotatable bonds is 9. The fourth-order valence-electron chi connectivity index (χ4n) is 7.00. The molecule has 15 heteroatoms. The standard InChI is InChI=1S/C37H40FN9O5/c1-20(2)26-16-27(30(49)17-29(26)48)33-43-44-37(52)47(33)25-10-9-24(28(38)15-25)19-45-11-13-46(14-12-45)35(51)22-6-3-21(4-7-22)5-8-23-18-40-32-31(23)34(50)42-36(39)41-32/h3-4,6-7,10,15-18,20,24,48-49H,5,8-9,11-14,19H2,1-2H3,(H,44,52)(H4,39,40,41,42,50). The molecule has 1 amide bonds. The molecule has 1 aliphatic heterocycles. The smallest absolute Gasteiger partial charge is 0.348 e. The molecule has 0 saturated carbocycles. The molecular weight excluding hydrogens is 669 g/mol. The number of anilines is 1. The summed E-state index contributed by atoms with van der Waals surface area (Å²) in [7, 11) is 0. The number of halogens is 1. The van der Waals surface area contributed by atoms with Crippen molar-refractivity contribution in [2.45, 2.75) is 39.0 Å². The number of phenolic OH excluding ortho intramolecular Hbond substituents is 2. The maximum atomic E-state index is 15.6. The van der Waals surface area contributed by atoms with Gasteiger partial charge in [-0.1, -0.05) is 32.1 Å². The van der Waals surface area contributed by atoms with E-state index in [-0.39, 0.29) is 52.0 Å². The van der Waals surface area contributed by atoms with Crippen molar-refractivity contribution in [3.8, 4) is 22.9 Å². The van der Waals surface area contributed by atoms with Crippen LogP contribution in [0.15, 0.2) is 70.2 Å². The first-order valence-corrected chi connectivity index (χ1v) is 17.2. The highest BCUT2D eigenvalue weighted by Crippen LogP contribution is 2.38. The molecule has 1 atom stereocenters. The Bertz CT molecular complexity index is 2330. The van der Waals surface area contributed by atoms with Crippen LogP contribution in [0.4, 0.5) is 10.3 Å². The van der Waals surface area contributed by atoms with Crippen molar-refractivity contribution in [1.29, 1.82) is 0 Å². The number of piperazine rings is 1. The van der Waals surface area contributed by atoms with E-state index in [2.05, 4.69) is 30.0 Å². The van der Waals surface area contributed by atoms with Crippen molar-refractivity contribution >= 4 is 28.6 Å². The highest BCUT2D eigenvalue weighted by molar-refractivity contribution is 5.94. The molecule has 5 aromatic rings. The molecule has 1 fully saturated rings. The minimum absolute atomic E-state index is 0.0552. The first kappa shape index (κ1) is 34.5. The topological polar surface area (TPSA) is 202 Å². The SMILES string of the molecule is CC(C)c1cc(-c2n[nH]c(=O)n2C2=CCC(CN3CCN(C(=O)c4ccc(CCc5c[nH]c6nc(N)[nH]c(=O)c56)cc4)CC3)C(F)=C2)c(O)cc1O. The quantitative estimate of drug-likeness (QED) is 0.131. The van der Waals surface area contributed by atoms with Gasteiger partial charge < -0.3 is 25.8 Å². The summed E-state index contributed by atoms with van der Waals surface area (Å²) < 4.78 is 16.8. The highest BCUT2D eigenvalue weighted by atomic mass is 19.1. The van der Waals surface area contributed by atoms with Crippen LogP contribution in [0, 0.1) is 5.92 Å². The number of nitrogens with zero attached hydrogens (tertiary/aromatic N) is 5. The van der Waals surface area contributed by atoms with Gasteiger partial charge in [0.05, 0.1) is 16.6 Å². The van der Waals surface area contributed by atoms with E-state index in [1.165, 1.54) is 16.7 Å². The summed E-state index contributed by atoms with van der Waals surface area (Å²) in [6.07, 6.45) is 6.52. The van der Waals surface area contributed by atoms with Gasteiger partial charge in [0.25, 0.3) is 11.5 Å². The van der Waals surface area contributed by atoms with Gasteiger partial charge in [-0.25, -0.2) is 18.9 Å². The van der Waals surface area contributed by atoms with Crippen molar-refractivity contribution in [2.75, 3.05) is 38.5 Å². The Morgan fingerprint density at radius 3 is 2.52 bits per heavy atom. The number of hydrogen-bond acceptors (Lipinski definition) is 9. The zero-order valence-corrected chi connectivity index (χ0v) is 28.8. The molecule has 1 aliphatic carbocycles. The number of hydrogen-bond donors (Lipinski definition) is 6. The number of nitrogens with two attached hydrogens (primary N) is 1. The van der Waals surface area contributed by atoms with Crippen LogP contribution in [0.25, 0.3) is 28.1 Å². The van der Waals surface area contributed by atoms with E-state index >= 15 is 4.39 Å². The summed E-state index contributed by atoms with van der Waals surface area (Å²) in [6.45, 7) is 6.45. The Balaban J connectivity index is 0.936. The number of aryl methyl sites for hydroxylation is 2. The summed E-state index contributed by atoms with van der Waals surface area (Å²) in [4.78, 5) is 52.1. The van der Waals surface area contributed by atoms with E-state index in [4.69, 9.17) is 5.73 Å². The second-order valence-corrected chi connectivity index (χ2v) is 13.6. The zero-order valence-electron chi connectivity index (χ0n) is 28.8. The number of nitrogen functional groups attached to an aromatic ring is 1. The van der Waals surface area contributed by atoms with Crippen LogP contribution in [-0.2, 0) is 12.8 Å². The molecule has 1 saturated heterocycles. The van der Waals surface area contributed by atoms with Gasteiger partial charge in [0, 0.05) is 56.5 Å². The van der Waals surface area contributed by atoms with Crippen LogP contribution < -0.4 is 17.0 Å². The summed E-state index contributed by atoms with van der Waals surface area (Å²) in [5.41, 5.74) is 8.82. The molecule has 0 radical (unpaired) electrons. The van der Waals surface area contributed by atoms with Gasteiger partial charge in [0.1, 0.15) is 23.0 Å². The average molecular weight is 710 g/mol. The van der Waals surface area contributed by atoms with Crippen molar-refractivity contribution in [3.63, 3.8) is 0 Å². The molecule has 4 heterocycles. The number of benzene rings is 2. The normalized spacial score (nSPS) is 16.8. The van der Waals surface area contributed by atoms with Crippen LogP contribution in [0.3, 0.4) is 0 Å². The van der Waals surface area contributed by atoms with Crippen molar-refractivity contribution in [3.05, 3.63) is 104 Å². The lowest BCUT2D eigenvalue weighted by atomic mass is 9.96. The molecule has 2 aromatic carbocycles. The fourth-order valence-corrected chi connectivity index (χ4v) is 7.00. The number of phenols is 2. The molecule has 1 unspecified atom stereocenters. The lowest BCUT2D eigenvalue weighted by Crippen LogP contribution is -2.49. The third-order valence-corrected chi connectivity index (χ3v) is 9.89. The fraction of sp³-hybridized carbons (Fsp3) is 0.324. The predicted molar refractivity (Wildman–Crippen MR) is 195 cm³/mol. The zero-order chi connectivity index (χ0) is 36.7. The summed E-state index contributed by atoms with van der Waals surface area (Å²) >= 11 is 0. The lowest BCUT2D eigenvalue weighted by molar-refractivity contribution is 0.0619. The average Bonchev–Trinajstić information content (AvgIpc) is 3.71. The summed E-state index contributed by atoms with van der Waals surface area (Å²) in [5.74, 6) is -1.05. The Morgan fingerprint density at radius 2 is 1.81 bits per heavy atom. The number of H-pyrrole nitrogens is 3. The second kappa shape index (κ2) is 14.0. The van der Waals surface area contributed by atoms with Crippen molar-refractivity contribution in [2.24, 2.45) is 5.92 Å². The van der Waals surface area contributed by atoms with Crippen LogP contribution in [0.1, 0.15) is 53.2 Å². The van der Waals surface area contributed by atoms with E-state index in [1.807, 2.05) is 43.0 Å². The summed E-state index contributed by atoms with van der Waals surface area (Å²) in [5, 5.41) is 27.9. The molecule has 52 heavy (non-hydrogen) atoms. The maximum Gasteiger partial charge on any atom is 0.348 e. The van der Waals surface area contributed by atoms with Crippen LogP contribution in [0.5, 0.6) is 11.5 Å². The highest BCUT2D eigenvalue weighted by Gasteiger charge is 2.28. The minimum atomic E-state index is -0.579. The first-order chi connectivity index (χ1) is 25.0. The van der Waals surface area contributed by atoms with Crippen molar-refractivity contribution in [1.82, 2.24) is 39.5 Å². The van der Waals surface area contributed by atoms with Gasteiger partial charge in [-0.05, 0) is 66.1 Å². The number of carbonyl (C=O) groups is 1. The largest absolute Gasteiger partial charge is 0.508 e. The molecule has 2 aliphatic rings. The number of aromatic amines is 3. The van der Waals surface area contributed by atoms with E-state index in [0.29, 0.717) is 79.8 Å². The second-order valence-electron chi connectivity index (χ2n) is 13.6. The maximum absolute atomic E-state index is 15.6. The number of aromatic hydroxyl groups is 2. The Labute approximate surface area is 297 Å². The Morgan fingerprint density at radius 1 is 1.06 bits per heavy atom. The van der Waals surface area contributed by atoms with Gasteiger partial charge in [0.2, 0.25) is 5.95 Å². The molecule has 7 N–H and O–H groups in total. The monoisotopic (exact) mass is 709 g/mol. The molecule has 7 rings (SSSR count). The molecule has 14 nitrogen and oxygen atoms in total. The molecule has 270 valence electrons. The van der Waals surface area contributed by atoms with Gasteiger partial charge in [0.15, 0.2) is 5.82 Å². The van der Waals surface area contributed by atoms with Gasteiger partial charge in [-0.15, -0.1) is 0 Å². The third kappa shape index (κ3) is 6.74. The van der Waals surface area contributed by atoms with E-state index < -0.39 is 11.6 Å². The molecule has 0 spiro atoms. The van der Waals surface area contributed by atoms with Gasteiger partial charge >= 0.3 is 5.69 Å². The number of nitrogens with one attached hydrogen (secondary N) is 3.